The molecule has 1 aliphatic heterocycles. The van der Waals surface area contributed by atoms with E-state index in [2.05, 4.69) is 41.8 Å². The van der Waals surface area contributed by atoms with Crippen LogP contribution in [0.4, 0.5) is 0 Å². The van der Waals surface area contributed by atoms with E-state index in [1.165, 1.54) is 5.56 Å². The quantitative estimate of drug-likeness (QED) is 0.640. The molecule has 0 bridgehead atoms. The van der Waals surface area contributed by atoms with Crippen molar-refractivity contribution in [2.45, 2.75) is 45.6 Å². The summed E-state index contributed by atoms with van der Waals surface area (Å²) in [6.45, 7) is 11.0. The molecule has 2 rings (SSSR count). The summed E-state index contributed by atoms with van der Waals surface area (Å²) in [6.07, 6.45) is 11.4. The van der Waals surface area contributed by atoms with Gasteiger partial charge in [0.1, 0.15) is 0 Å². The third-order valence-corrected chi connectivity index (χ3v) is 5.00. The van der Waals surface area contributed by atoms with Gasteiger partial charge in [-0.2, -0.15) is 0 Å². The fourth-order valence-corrected chi connectivity index (χ4v) is 3.50. The number of hydrogen-bond acceptors (Lipinski definition) is 2. The molecule has 0 aliphatic carbocycles. The summed E-state index contributed by atoms with van der Waals surface area (Å²) in [5.41, 5.74) is 2.30. The van der Waals surface area contributed by atoms with Gasteiger partial charge in [-0.1, -0.05) is 56.0 Å². The van der Waals surface area contributed by atoms with Crippen molar-refractivity contribution < 1.29 is 4.79 Å². The number of rotatable bonds is 8. The van der Waals surface area contributed by atoms with Gasteiger partial charge in [0, 0.05) is 37.8 Å². The van der Waals surface area contributed by atoms with Crippen LogP contribution in [0, 0.1) is 0 Å². The lowest BCUT2D eigenvalue weighted by molar-refractivity contribution is -0.131. The van der Waals surface area contributed by atoms with Crippen molar-refractivity contribution in [2.24, 2.45) is 0 Å². The number of benzene rings is 1. The van der Waals surface area contributed by atoms with Gasteiger partial charge in [-0.25, -0.2) is 0 Å². The van der Waals surface area contributed by atoms with Crippen LogP contribution in [0.3, 0.4) is 0 Å². The second-order valence-corrected chi connectivity index (χ2v) is 6.75. The summed E-state index contributed by atoms with van der Waals surface area (Å²) < 4.78 is 0. The molecule has 1 heterocycles. The highest BCUT2D eigenvalue weighted by Gasteiger charge is 2.28. The van der Waals surface area contributed by atoms with Crippen LogP contribution in [0.5, 0.6) is 0 Å². The first-order valence-corrected chi connectivity index (χ1v) is 9.73. The second-order valence-electron chi connectivity index (χ2n) is 6.75. The Balaban J connectivity index is 1.95. The molecule has 0 unspecified atom stereocenters. The SMILES string of the molecule is C=C/C(=C\C=C/C)N(C(=O)CC)C1CCN(CCc2ccccc2)CC1. The molecule has 1 aromatic rings. The molecular formula is C23H32N2O. The molecule has 1 aliphatic rings. The van der Waals surface area contributed by atoms with E-state index in [9.17, 15) is 4.79 Å². The molecule has 0 N–H and O–H groups in total. The van der Waals surface area contributed by atoms with Crippen molar-refractivity contribution >= 4 is 5.91 Å². The highest BCUT2D eigenvalue weighted by atomic mass is 16.2. The molecule has 1 saturated heterocycles. The molecule has 140 valence electrons. The molecule has 1 amide bonds. The summed E-state index contributed by atoms with van der Waals surface area (Å²) in [5.74, 6) is 0.184. The van der Waals surface area contributed by atoms with Gasteiger partial charge in [0.15, 0.2) is 0 Å². The fraction of sp³-hybridized carbons (Fsp3) is 0.435. The summed E-state index contributed by atoms with van der Waals surface area (Å²) in [6, 6.07) is 10.9. The number of carbonyl (C=O) groups excluding carboxylic acids is 1. The fourth-order valence-electron chi connectivity index (χ4n) is 3.50. The van der Waals surface area contributed by atoms with Gasteiger partial charge < -0.3 is 9.80 Å². The van der Waals surface area contributed by atoms with Gasteiger partial charge in [0.25, 0.3) is 0 Å². The number of piperidine rings is 1. The normalized spacial score (nSPS) is 16.8. The predicted octanol–water partition coefficient (Wildman–Crippen LogP) is 4.58. The molecule has 1 fully saturated rings. The van der Waals surface area contributed by atoms with Crippen molar-refractivity contribution in [1.29, 1.82) is 0 Å². The minimum Gasteiger partial charge on any atom is -0.309 e. The van der Waals surface area contributed by atoms with Crippen LogP contribution in [0.15, 0.2) is 66.9 Å². The first-order valence-electron chi connectivity index (χ1n) is 9.73. The van der Waals surface area contributed by atoms with E-state index in [4.69, 9.17) is 0 Å². The van der Waals surface area contributed by atoms with E-state index < -0.39 is 0 Å². The summed E-state index contributed by atoms with van der Waals surface area (Å²) in [7, 11) is 0. The van der Waals surface area contributed by atoms with Crippen LogP contribution in [0.25, 0.3) is 0 Å². The zero-order valence-electron chi connectivity index (χ0n) is 16.2. The van der Waals surface area contributed by atoms with Crippen molar-refractivity contribution in [3.63, 3.8) is 0 Å². The van der Waals surface area contributed by atoms with Crippen LogP contribution in [0.2, 0.25) is 0 Å². The van der Waals surface area contributed by atoms with Gasteiger partial charge >= 0.3 is 0 Å². The number of carbonyl (C=O) groups is 1. The Kier molecular flexibility index (Phi) is 8.36. The smallest absolute Gasteiger partial charge is 0.226 e. The van der Waals surface area contributed by atoms with Crippen LogP contribution in [-0.2, 0) is 11.2 Å². The van der Waals surface area contributed by atoms with Crippen LogP contribution < -0.4 is 0 Å². The molecule has 0 atom stereocenters. The number of hydrogen-bond donors (Lipinski definition) is 0. The molecule has 3 nitrogen and oxygen atoms in total. The van der Waals surface area contributed by atoms with Gasteiger partial charge in [-0.3, -0.25) is 4.79 Å². The summed E-state index contributed by atoms with van der Waals surface area (Å²) >= 11 is 0. The topological polar surface area (TPSA) is 23.6 Å². The lowest BCUT2D eigenvalue weighted by Crippen LogP contribution is -2.47. The maximum atomic E-state index is 12.6. The van der Waals surface area contributed by atoms with Gasteiger partial charge in [-0.15, -0.1) is 0 Å². The van der Waals surface area contributed by atoms with Crippen molar-refractivity contribution in [1.82, 2.24) is 9.80 Å². The first kappa shape index (κ1) is 20.2. The summed E-state index contributed by atoms with van der Waals surface area (Å²) in [4.78, 5) is 17.1. The zero-order valence-corrected chi connectivity index (χ0v) is 16.2. The number of amides is 1. The van der Waals surface area contributed by atoms with Gasteiger partial charge in [0.05, 0.1) is 0 Å². The Labute approximate surface area is 158 Å². The van der Waals surface area contributed by atoms with Crippen molar-refractivity contribution in [3.05, 3.63) is 72.5 Å². The molecule has 3 heteroatoms. The Morgan fingerprint density at radius 1 is 1.27 bits per heavy atom. The third kappa shape index (κ3) is 5.70. The Morgan fingerprint density at radius 3 is 2.54 bits per heavy atom. The molecule has 0 spiro atoms. The van der Waals surface area contributed by atoms with Gasteiger partial charge in [-0.05, 0) is 43.9 Å². The van der Waals surface area contributed by atoms with Crippen molar-refractivity contribution in [3.8, 4) is 0 Å². The maximum Gasteiger partial charge on any atom is 0.226 e. The molecule has 0 radical (unpaired) electrons. The van der Waals surface area contributed by atoms with E-state index in [0.717, 1.165) is 44.6 Å². The van der Waals surface area contributed by atoms with Gasteiger partial charge in [0.2, 0.25) is 5.91 Å². The standard InChI is InChI=1S/C23H32N2O/c1-4-7-13-21(5-2)25(23(26)6-3)22-15-18-24(19-16-22)17-14-20-11-9-8-10-12-20/h4-5,7-13,22H,2,6,14-19H2,1,3H3/b7-4-,21-13+. The minimum atomic E-state index is 0.184. The van der Waals surface area contributed by atoms with E-state index in [1.807, 2.05) is 37.0 Å². The molecule has 0 aromatic heterocycles. The van der Waals surface area contributed by atoms with E-state index in [1.54, 1.807) is 6.08 Å². The Hall–Kier alpha value is -2.13. The zero-order chi connectivity index (χ0) is 18.8. The van der Waals surface area contributed by atoms with Crippen molar-refractivity contribution in [2.75, 3.05) is 19.6 Å². The lowest BCUT2D eigenvalue weighted by atomic mass is 10.0. The number of likely N-dealkylation sites (tertiary alicyclic amines) is 1. The lowest BCUT2D eigenvalue weighted by Gasteiger charge is -2.39. The van der Waals surface area contributed by atoms with Crippen LogP contribution in [0.1, 0.15) is 38.7 Å². The number of nitrogens with zero attached hydrogens (tertiary/aromatic N) is 2. The summed E-state index contributed by atoms with van der Waals surface area (Å²) in [5, 5.41) is 0. The van der Waals surface area contributed by atoms with E-state index in [-0.39, 0.29) is 11.9 Å². The molecule has 26 heavy (non-hydrogen) atoms. The highest BCUT2D eigenvalue weighted by molar-refractivity contribution is 5.78. The molecular weight excluding hydrogens is 320 g/mol. The Bertz CT molecular complexity index is 625. The highest BCUT2D eigenvalue weighted by Crippen LogP contribution is 2.23. The Morgan fingerprint density at radius 2 is 1.96 bits per heavy atom. The van der Waals surface area contributed by atoms with Crippen LogP contribution in [-0.4, -0.2) is 41.4 Å². The largest absolute Gasteiger partial charge is 0.309 e. The first-order chi connectivity index (χ1) is 12.7. The second kappa shape index (κ2) is 10.8. The minimum absolute atomic E-state index is 0.184. The molecule has 0 saturated carbocycles. The van der Waals surface area contributed by atoms with Crippen LogP contribution >= 0.6 is 0 Å². The van der Waals surface area contributed by atoms with E-state index in [0.29, 0.717) is 6.42 Å². The maximum absolute atomic E-state index is 12.6. The average molecular weight is 353 g/mol. The predicted molar refractivity (Wildman–Crippen MR) is 110 cm³/mol. The third-order valence-electron chi connectivity index (χ3n) is 5.00. The molecule has 1 aromatic carbocycles. The number of allylic oxidation sites excluding steroid dienone is 4. The monoisotopic (exact) mass is 352 g/mol. The van der Waals surface area contributed by atoms with E-state index >= 15 is 0 Å². The average Bonchev–Trinajstić information content (AvgIpc) is 2.70.